The van der Waals surface area contributed by atoms with E-state index < -0.39 is 0 Å². The van der Waals surface area contributed by atoms with Crippen LogP contribution in [-0.4, -0.2) is 10.9 Å². The van der Waals surface area contributed by atoms with Crippen molar-refractivity contribution in [1.82, 2.24) is 4.90 Å². The third kappa shape index (κ3) is 3.55. The predicted octanol–water partition coefficient (Wildman–Crippen LogP) is 6.74. The number of benzene rings is 3. The van der Waals surface area contributed by atoms with Gasteiger partial charge in [-0.25, -0.2) is 0 Å². The van der Waals surface area contributed by atoms with E-state index in [0.717, 1.165) is 6.54 Å². The van der Waals surface area contributed by atoms with Gasteiger partial charge in [-0.3, -0.25) is 4.90 Å². The minimum atomic E-state index is 0.259. The van der Waals surface area contributed by atoms with Gasteiger partial charge in [0.15, 0.2) is 0 Å². The Hall–Kier alpha value is -2.64. The molecule has 0 radical (unpaired) electrons. The second-order valence-electron chi connectivity index (χ2n) is 7.96. The number of hydrogen-bond donors (Lipinski definition) is 0. The average Bonchev–Trinajstić information content (AvgIpc) is 2.76. The second kappa shape index (κ2) is 8.16. The monoisotopic (exact) mass is 367 g/mol. The molecule has 1 aliphatic rings. The van der Waals surface area contributed by atoms with Crippen molar-refractivity contribution in [1.29, 1.82) is 0 Å². The summed E-state index contributed by atoms with van der Waals surface area (Å²) in [4.78, 5) is 2.69. The van der Waals surface area contributed by atoms with Crippen LogP contribution in [0.3, 0.4) is 0 Å². The van der Waals surface area contributed by atoms with Crippen molar-refractivity contribution in [3.8, 4) is 0 Å². The molecule has 142 valence electrons. The van der Waals surface area contributed by atoms with Gasteiger partial charge in [-0.15, -0.1) is 0 Å². The van der Waals surface area contributed by atoms with Crippen LogP contribution in [0, 0.1) is 5.92 Å². The molecule has 1 heterocycles. The predicted molar refractivity (Wildman–Crippen MR) is 119 cm³/mol. The lowest BCUT2D eigenvalue weighted by Gasteiger charge is -2.46. The molecule has 4 rings (SSSR count). The van der Waals surface area contributed by atoms with Gasteiger partial charge in [-0.1, -0.05) is 103 Å². The van der Waals surface area contributed by atoms with Gasteiger partial charge in [-0.05, 0) is 42.0 Å². The molecule has 0 aromatic heterocycles. The van der Waals surface area contributed by atoms with E-state index in [2.05, 4.69) is 117 Å². The number of hydrogen-bond acceptors (Lipinski definition) is 1. The maximum absolute atomic E-state index is 2.69. The van der Waals surface area contributed by atoms with Gasteiger partial charge < -0.3 is 0 Å². The molecule has 3 aromatic carbocycles. The fourth-order valence-electron chi connectivity index (χ4n) is 4.54. The van der Waals surface area contributed by atoms with Gasteiger partial charge in [0.05, 0.1) is 6.04 Å². The maximum atomic E-state index is 2.69. The molecule has 3 aromatic rings. The quantitative estimate of drug-likeness (QED) is 0.493. The zero-order valence-electron chi connectivity index (χ0n) is 17.0. The third-order valence-corrected chi connectivity index (χ3v) is 6.37. The Bertz CT molecular complexity index is 928. The fraction of sp³-hybridized carbons (Fsp3) is 0.259. The highest BCUT2D eigenvalue weighted by Gasteiger charge is 2.38. The molecular weight excluding hydrogens is 338 g/mol. The second-order valence-corrected chi connectivity index (χ2v) is 7.96. The molecule has 1 aliphatic heterocycles. The van der Waals surface area contributed by atoms with E-state index in [9.17, 15) is 0 Å². The molecular formula is C27H29N. The average molecular weight is 368 g/mol. The number of rotatable bonds is 4. The minimum absolute atomic E-state index is 0.259. The van der Waals surface area contributed by atoms with Crippen LogP contribution in [0.4, 0.5) is 0 Å². The van der Waals surface area contributed by atoms with Crippen molar-refractivity contribution < 1.29 is 0 Å². The van der Waals surface area contributed by atoms with Crippen LogP contribution in [0.5, 0.6) is 0 Å². The summed E-state index contributed by atoms with van der Waals surface area (Å²) in [5, 5.41) is 0. The summed E-state index contributed by atoms with van der Waals surface area (Å²) >= 11 is 0. The van der Waals surface area contributed by atoms with Gasteiger partial charge in [0, 0.05) is 12.6 Å². The Morgan fingerprint density at radius 2 is 1.25 bits per heavy atom. The maximum Gasteiger partial charge on any atom is 0.0612 e. The first-order chi connectivity index (χ1) is 13.7. The largest absolute Gasteiger partial charge is 0.285 e. The Labute approximate surface area is 169 Å². The van der Waals surface area contributed by atoms with Crippen molar-refractivity contribution in [2.75, 3.05) is 0 Å². The summed E-state index contributed by atoms with van der Waals surface area (Å²) in [6.45, 7) is 8.05. The molecule has 0 aliphatic carbocycles. The lowest BCUT2D eigenvalue weighted by molar-refractivity contribution is 0.124. The van der Waals surface area contributed by atoms with Crippen molar-refractivity contribution in [2.45, 2.75) is 39.4 Å². The van der Waals surface area contributed by atoms with E-state index in [1.54, 1.807) is 0 Å². The van der Waals surface area contributed by atoms with Crippen LogP contribution in [0.2, 0.25) is 0 Å². The van der Waals surface area contributed by atoms with Gasteiger partial charge in [0.1, 0.15) is 0 Å². The lowest BCUT2D eigenvalue weighted by atomic mass is 9.77. The topological polar surface area (TPSA) is 3.24 Å². The first kappa shape index (κ1) is 18.7. The summed E-state index contributed by atoms with van der Waals surface area (Å²) in [6, 6.07) is 33.5. The zero-order chi connectivity index (χ0) is 19.5. The normalized spacial score (nSPS) is 23.0. The first-order valence-electron chi connectivity index (χ1n) is 10.3. The smallest absolute Gasteiger partial charge is 0.0612 e. The Balaban J connectivity index is 1.87. The van der Waals surface area contributed by atoms with Gasteiger partial charge in [0.25, 0.3) is 0 Å². The van der Waals surface area contributed by atoms with Gasteiger partial charge >= 0.3 is 0 Å². The van der Waals surface area contributed by atoms with Crippen LogP contribution in [0.1, 0.15) is 43.5 Å². The molecule has 0 amide bonds. The summed E-state index contributed by atoms with van der Waals surface area (Å²) in [7, 11) is 0. The summed E-state index contributed by atoms with van der Waals surface area (Å²) in [6.07, 6.45) is 0. The van der Waals surface area contributed by atoms with Gasteiger partial charge in [-0.2, -0.15) is 0 Å². The van der Waals surface area contributed by atoms with E-state index in [1.165, 1.54) is 27.8 Å². The van der Waals surface area contributed by atoms with E-state index >= 15 is 0 Å². The van der Waals surface area contributed by atoms with Crippen molar-refractivity contribution in [3.63, 3.8) is 0 Å². The standard InChI is InChI=1S/C27H29N/c1-20-21(2)26(24-15-9-5-10-16-24)27(25-17-11-6-12-18-25)28(22(20)3)19-23-13-7-4-8-14-23/h4-18,20,22,27H,19H2,1-3H3/t20-,22-,27+/m1/s1. The van der Waals surface area contributed by atoms with Crippen LogP contribution in [0.25, 0.3) is 5.57 Å². The van der Waals surface area contributed by atoms with E-state index in [-0.39, 0.29) is 6.04 Å². The highest BCUT2D eigenvalue weighted by molar-refractivity contribution is 5.75. The number of nitrogens with zero attached hydrogens (tertiary/aromatic N) is 1. The molecule has 0 bridgehead atoms. The highest BCUT2D eigenvalue weighted by Crippen LogP contribution is 2.46. The van der Waals surface area contributed by atoms with Crippen molar-refractivity contribution >= 4 is 5.57 Å². The fourth-order valence-corrected chi connectivity index (χ4v) is 4.54. The molecule has 0 saturated carbocycles. The van der Waals surface area contributed by atoms with Crippen LogP contribution in [-0.2, 0) is 6.54 Å². The molecule has 28 heavy (non-hydrogen) atoms. The highest BCUT2D eigenvalue weighted by atomic mass is 15.2. The minimum Gasteiger partial charge on any atom is -0.285 e. The van der Waals surface area contributed by atoms with Crippen LogP contribution < -0.4 is 0 Å². The molecule has 1 heteroatoms. The van der Waals surface area contributed by atoms with Crippen molar-refractivity contribution in [2.24, 2.45) is 5.92 Å². The van der Waals surface area contributed by atoms with Crippen LogP contribution in [0.15, 0.2) is 96.6 Å². The Morgan fingerprint density at radius 3 is 1.86 bits per heavy atom. The lowest BCUT2D eigenvalue weighted by Crippen LogP contribution is -2.44. The van der Waals surface area contributed by atoms with Crippen molar-refractivity contribution in [3.05, 3.63) is 113 Å². The molecule has 0 saturated heterocycles. The molecule has 3 atom stereocenters. The molecule has 1 nitrogen and oxygen atoms in total. The van der Waals surface area contributed by atoms with E-state index in [4.69, 9.17) is 0 Å². The molecule has 0 fully saturated rings. The molecule has 0 spiro atoms. The van der Waals surface area contributed by atoms with Crippen LogP contribution >= 0.6 is 0 Å². The summed E-state index contributed by atoms with van der Waals surface area (Å²) in [5.74, 6) is 0.513. The summed E-state index contributed by atoms with van der Waals surface area (Å²) < 4.78 is 0. The Morgan fingerprint density at radius 1 is 0.714 bits per heavy atom. The first-order valence-corrected chi connectivity index (χ1v) is 10.3. The summed E-state index contributed by atoms with van der Waals surface area (Å²) in [5.41, 5.74) is 7.06. The van der Waals surface area contributed by atoms with E-state index in [1.807, 2.05) is 0 Å². The van der Waals surface area contributed by atoms with Gasteiger partial charge in [0.2, 0.25) is 0 Å². The Kier molecular flexibility index (Phi) is 5.45. The third-order valence-electron chi connectivity index (χ3n) is 6.37. The molecule has 0 unspecified atom stereocenters. The zero-order valence-corrected chi connectivity index (χ0v) is 17.0. The SMILES string of the molecule is CC1=C(c2ccccc2)[C@H](c2ccccc2)N(Cc2ccccc2)[C@H](C)[C@@H]1C. The van der Waals surface area contributed by atoms with E-state index in [0.29, 0.717) is 12.0 Å². The molecule has 0 N–H and O–H groups in total.